The van der Waals surface area contributed by atoms with Crippen molar-refractivity contribution in [1.82, 2.24) is 19.5 Å². The molecule has 2 aromatic heterocycles. The summed E-state index contributed by atoms with van der Waals surface area (Å²) < 4.78 is 2.11. The highest BCUT2D eigenvalue weighted by Gasteiger charge is 2.19. The molecule has 0 N–H and O–H groups in total. The lowest BCUT2D eigenvalue weighted by molar-refractivity contribution is 0.652. The van der Waals surface area contributed by atoms with Crippen molar-refractivity contribution in [1.29, 1.82) is 0 Å². The zero-order valence-corrected chi connectivity index (χ0v) is 12.7. The van der Waals surface area contributed by atoms with E-state index in [1.807, 2.05) is 13.3 Å². The van der Waals surface area contributed by atoms with Crippen LogP contribution in [0.4, 0.5) is 0 Å². The van der Waals surface area contributed by atoms with Crippen molar-refractivity contribution in [2.75, 3.05) is 0 Å². The van der Waals surface area contributed by atoms with Gasteiger partial charge in [-0.2, -0.15) is 0 Å². The Balaban J connectivity index is 2.11. The van der Waals surface area contributed by atoms with Gasteiger partial charge in [0.1, 0.15) is 23.1 Å². The third-order valence-corrected chi connectivity index (χ3v) is 4.21. The monoisotopic (exact) mass is 290 g/mol. The van der Waals surface area contributed by atoms with Crippen molar-refractivity contribution in [3.63, 3.8) is 0 Å². The second-order valence-corrected chi connectivity index (χ2v) is 5.70. The van der Waals surface area contributed by atoms with Crippen molar-refractivity contribution < 1.29 is 0 Å². The standard InChI is InChI=1S/C15H19ClN4/c1-3-6-13-18-14(16)10(2)15(19-13)20-9-17-11-7-4-5-8-12(11)20/h9H,3-8H2,1-2H3. The highest BCUT2D eigenvalue weighted by atomic mass is 35.5. The van der Waals surface area contributed by atoms with Crippen LogP contribution in [0.3, 0.4) is 0 Å². The molecule has 0 saturated carbocycles. The molecule has 20 heavy (non-hydrogen) atoms. The van der Waals surface area contributed by atoms with Crippen molar-refractivity contribution in [3.8, 4) is 5.82 Å². The molecule has 2 aromatic rings. The summed E-state index contributed by atoms with van der Waals surface area (Å²) in [6, 6.07) is 0. The second kappa shape index (κ2) is 5.52. The molecule has 5 heteroatoms. The molecule has 3 rings (SSSR count). The molecule has 2 heterocycles. The summed E-state index contributed by atoms with van der Waals surface area (Å²) in [6.45, 7) is 4.10. The Labute approximate surface area is 124 Å². The fourth-order valence-electron chi connectivity index (χ4n) is 2.74. The topological polar surface area (TPSA) is 43.6 Å². The first kappa shape index (κ1) is 13.6. The first-order chi connectivity index (χ1) is 9.70. The summed E-state index contributed by atoms with van der Waals surface area (Å²) in [6.07, 6.45) is 8.34. The Morgan fingerprint density at radius 2 is 2.05 bits per heavy atom. The largest absolute Gasteiger partial charge is 0.287 e. The number of hydrogen-bond donors (Lipinski definition) is 0. The minimum atomic E-state index is 0.553. The highest BCUT2D eigenvalue weighted by Crippen LogP contribution is 2.26. The predicted molar refractivity (Wildman–Crippen MR) is 79.5 cm³/mol. The van der Waals surface area contributed by atoms with E-state index in [1.54, 1.807) is 0 Å². The number of aromatic nitrogens is 4. The molecule has 1 aliphatic carbocycles. The number of hydrogen-bond acceptors (Lipinski definition) is 3. The van der Waals surface area contributed by atoms with Gasteiger partial charge in [-0.3, -0.25) is 4.57 Å². The Hall–Kier alpha value is -1.42. The van der Waals surface area contributed by atoms with Crippen molar-refractivity contribution in [2.45, 2.75) is 52.4 Å². The van der Waals surface area contributed by atoms with E-state index in [9.17, 15) is 0 Å². The molecular formula is C15H19ClN4. The Bertz CT molecular complexity index is 633. The number of fused-ring (bicyclic) bond motifs is 1. The number of nitrogens with zero attached hydrogens (tertiary/aromatic N) is 4. The van der Waals surface area contributed by atoms with Gasteiger partial charge in [0.25, 0.3) is 0 Å². The van der Waals surface area contributed by atoms with E-state index in [4.69, 9.17) is 16.6 Å². The molecule has 0 spiro atoms. The SMILES string of the molecule is CCCc1nc(Cl)c(C)c(-n2cnc3c2CCCC3)n1. The summed E-state index contributed by atoms with van der Waals surface area (Å²) in [5.74, 6) is 1.71. The fraction of sp³-hybridized carbons (Fsp3) is 0.533. The maximum absolute atomic E-state index is 6.27. The molecule has 0 bridgehead atoms. The van der Waals surface area contributed by atoms with E-state index in [0.717, 1.165) is 42.9 Å². The molecule has 0 unspecified atom stereocenters. The molecule has 0 atom stereocenters. The molecule has 106 valence electrons. The van der Waals surface area contributed by atoms with Gasteiger partial charge in [-0.25, -0.2) is 15.0 Å². The zero-order chi connectivity index (χ0) is 14.1. The van der Waals surface area contributed by atoms with Gasteiger partial charge in [-0.1, -0.05) is 18.5 Å². The number of imidazole rings is 1. The normalized spacial score (nSPS) is 14.3. The minimum Gasteiger partial charge on any atom is -0.287 e. The molecule has 0 amide bonds. The van der Waals surface area contributed by atoms with Gasteiger partial charge in [0.15, 0.2) is 0 Å². The lowest BCUT2D eigenvalue weighted by Crippen LogP contribution is -2.11. The van der Waals surface area contributed by atoms with Crippen LogP contribution in [0, 0.1) is 6.92 Å². The van der Waals surface area contributed by atoms with Crippen molar-refractivity contribution in [3.05, 3.63) is 34.3 Å². The van der Waals surface area contributed by atoms with Crippen LogP contribution in [0.2, 0.25) is 5.15 Å². The van der Waals surface area contributed by atoms with E-state index in [1.165, 1.54) is 24.2 Å². The van der Waals surface area contributed by atoms with E-state index >= 15 is 0 Å². The van der Waals surface area contributed by atoms with E-state index in [2.05, 4.69) is 21.5 Å². The predicted octanol–water partition coefficient (Wildman–Crippen LogP) is 3.46. The fourth-order valence-corrected chi connectivity index (χ4v) is 2.92. The summed E-state index contributed by atoms with van der Waals surface area (Å²) in [5.41, 5.74) is 3.43. The third kappa shape index (κ3) is 2.33. The Morgan fingerprint density at radius 1 is 1.25 bits per heavy atom. The van der Waals surface area contributed by atoms with Gasteiger partial charge in [0.2, 0.25) is 0 Å². The first-order valence-corrected chi connectivity index (χ1v) is 7.67. The molecule has 0 radical (unpaired) electrons. The van der Waals surface area contributed by atoms with Crippen LogP contribution in [-0.2, 0) is 19.3 Å². The van der Waals surface area contributed by atoms with Crippen molar-refractivity contribution in [2.24, 2.45) is 0 Å². The van der Waals surface area contributed by atoms with Crippen LogP contribution in [0.5, 0.6) is 0 Å². The highest BCUT2D eigenvalue weighted by molar-refractivity contribution is 6.30. The summed E-state index contributed by atoms with van der Waals surface area (Å²) >= 11 is 6.27. The number of rotatable bonds is 3. The van der Waals surface area contributed by atoms with E-state index in [-0.39, 0.29) is 0 Å². The lowest BCUT2D eigenvalue weighted by atomic mass is 10.0. The molecule has 0 aliphatic heterocycles. The summed E-state index contributed by atoms with van der Waals surface area (Å²) in [5, 5.41) is 0.553. The number of halogens is 1. The van der Waals surface area contributed by atoms with Crippen LogP contribution in [0.1, 0.15) is 49.0 Å². The third-order valence-electron chi connectivity index (χ3n) is 3.84. The molecule has 0 saturated heterocycles. The van der Waals surface area contributed by atoms with E-state index < -0.39 is 0 Å². The molecule has 0 aromatic carbocycles. The minimum absolute atomic E-state index is 0.553. The van der Waals surface area contributed by atoms with Gasteiger partial charge in [0.05, 0.1) is 5.69 Å². The first-order valence-electron chi connectivity index (χ1n) is 7.29. The second-order valence-electron chi connectivity index (χ2n) is 5.34. The lowest BCUT2D eigenvalue weighted by Gasteiger charge is -2.15. The van der Waals surface area contributed by atoms with Gasteiger partial charge in [0, 0.05) is 17.7 Å². The smallest absolute Gasteiger partial charge is 0.146 e. The average Bonchev–Trinajstić information content (AvgIpc) is 2.87. The van der Waals surface area contributed by atoms with Gasteiger partial charge in [-0.05, 0) is 39.0 Å². The number of aryl methyl sites for hydroxylation is 2. The van der Waals surface area contributed by atoms with Crippen LogP contribution >= 0.6 is 11.6 Å². The zero-order valence-electron chi connectivity index (χ0n) is 12.0. The molecule has 4 nitrogen and oxygen atoms in total. The van der Waals surface area contributed by atoms with Crippen LogP contribution in [0.25, 0.3) is 5.82 Å². The molecule has 0 fully saturated rings. The summed E-state index contributed by atoms with van der Waals surface area (Å²) in [4.78, 5) is 13.6. The van der Waals surface area contributed by atoms with Crippen LogP contribution < -0.4 is 0 Å². The molecule has 1 aliphatic rings. The van der Waals surface area contributed by atoms with Gasteiger partial charge < -0.3 is 0 Å². The average molecular weight is 291 g/mol. The van der Waals surface area contributed by atoms with Crippen LogP contribution in [0.15, 0.2) is 6.33 Å². The van der Waals surface area contributed by atoms with Crippen molar-refractivity contribution >= 4 is 11.6 Å². The molecular weight excluding hydrogens is 272 g/mol. The van der Waals surface area contributed by atoms with Gasteiger partial charge >= 0.3 is 0 Å². The Kier molecular flexibility index (Phi) is 3.74. The van der Waals surface area contributed by atoms with Gasteiger partial charge in [-0.15, -0.1) is 0 Å². The maximum atomic E-state index is 6.27. The van der Waals surface area contributed by atoms with E-state index in [0.29, 0.717) is 5.15 Å². The maximum Gasteiger partial charge on any atom is 0.146 e. The summed E-state index contributed by atoms with van der Waals surface area (Å²) in [7, 11) is 0. The Morgan fingerprint density at radius 3 is 2.85 bits per heavy atom. The van der Waals surface area contributed by atoms with Crippen LogP contribution in [-0.4, -0.2) is 19.5 Å². The quantitative estimate of drug-likeness (QED) is 0.813.